The van der Waals surface area contributed by atoms with Crippen LogP contribution in [0.2, 0.25) is 0 Å². The number of thiophene rings is 1. The van der Waals surface area contributed by atoms with E-state index < -0.39 is 24.0 Å². The molecule has 0 saturated heterocycles. The first-order chi connectivity index (χ1) is 9.38. The van der Waals surface area contributed by atoms with E-state index >= 15 is 0 Å². The molecule has 0 bridgehead atoms. The minimum absolute atomic E-state index is 0.426. The van der Waals surface area contributed by atoms with Crippen LogP contribution >= 0.6 is 11.3 Å². The van der Waals surface area contributed by atoms with E-state index in [-0.39, 0.29) is 0 Å². The smallest absolute Gasteiger partial charge is 0.328 e. The number of carbonyl (C=O) groups is 2. The zero-order valence-electron chi connectivity index (χ0n) is 11.5. The lowest BCUT2D eigenvalue weighted by molar-refractivity contribution is -0.141. The Morgan fingerprint density at radius 2 is 2.20 bits per heavy atom. The summed E-state index contributed by atoms with van der Waals surface area (Å²) < 4.78 is 0. The van der Waals surface area contributed by atoms with E-state index in [9.17, 15) is 14.7 Å². The van der Waals surface area contributed by atoms with Gasteiger partial charge in [0.15, 0.2) is 6.04 Å². The number of carbonyl (C=O) groups excluding carboxylic acids is 1. The second-order valence-electron chi connectivity index (χ2n) is 5.44. The van der Waals surface area contributed by atoms with Crippen LogP contribution in [0.4, 0.5) is 0 Å². The summed E-state index contributed by atoms with van der Waals surface area (Å²) in [5.74, 6) is -1.04. The number of nitrogens with one attached hydrogen (secondary N) is 1. The van der Waals surface area contributed by atoms with E-state index in [1.165, 1.54) is 28.7 Å². The van der Waals surface area contributed by atoms with Crippen LogP contribution in [0.5, 0.6) is 0 Å². The highest BCUT2D eigenvalue weighted by Gasteiger charge is 2.27. The van der Waals surface area contributed by atoms with Crippen molar-refractivity contribution in [2.24, 2.45) is 5.92 Å². The number of aryl methyl sites for hydroxylation is 1. The molecule has 0 aliphatic heterocycles. The molecule has 3 N–H and O–H groups in total. The molecule has 5 nitrogen and oxygen atoms in total. The van der Waals surface area contributed by atoms with Gasteiger partial charge in [0.25, 0.3) is 5.91 Å². The quantitative estimate of drug-likeness (QED) is 0.785. The van der Waals surface area contributed by atoms with E-state index in [4.69, 9.17) is 5.11 Å². The molecule has 1 unspecified atom stereocenters. The molecule has 1 amide bonds. The lowest BCUT2D eigenvalue weighted by Gasteiger charge is -2.16. The third kappa shape index (κ3) is 3.19. The van der Waals surface area contributed by atoms with Crippen LogP contribution in [0, 0.1) is 5.92 Å². The molecule has 1 aliphatic carbocycles. The van der Waals surface area contributed by atoms with Crippen molar-refractivity contribution in [2.75, 3.05) is 0 Å². The zero-order chi connectivity index (χ0) is 14.9. The van der Waals surface area contributed by atoms with Gasteiger partial charge in [0, 0.05) is 4.88 Å². The molecule has 110 valence electrons. The maximum Gasteiger partial charge on any atom is 0.328 e. The molecular weight excluding hydrogens is 278 g/mol. The summed E-state index contributed by atoms with van der Waals surface area (Å²) in [4.78, 5) is 24.8. The fourth-order valence-electron chi connectivity index (χ4n) is 2.42. The average molecular weight is 297 g/mol. The summed E-state index contributed by atoms with van der Waals surface area (Å²) in [6.07, 6.45) is 1.94. The fraction of sp³-hybridized carbons (Fsp3) is 0.571. The number of aliphatic hydroxyl groups excluding tert-OH is 1. The summed E-state index contributed by atoms with van der Waals surface area (Å²) >= 11 is 1.42. The van der Waals surface area contributed by atoms with Gasteiger partial charge in [-0.3, -0.25) is 4.79 Å². The van der Waals surface area contributed by atoms with Crippen LogP contribution in [0.3, 0.4) is 0 Å². The first kappa shape index (κ1) is 15.0. The molecule has 1 aliphatic rings. The summed E-state index contributed by atoms with van der Waals surface area (Å²) in [6, 6.07) is 0.576. The molecule has 0 spiro atoms. The minimum atomic E-state index is -1.28. The predicted octanol–water partition coefficient (Wildman–Crippen LogP) is 1.44. The molecule has 3 atom stereocenters. The van der Waals surface area contributed by atoms with Crippen LogP contribution < -0.4 is 5.32 Å². The van der Waals surface area contributed by atoms with Crippen molar-refractivity contribution in [3.05, 3.63) is 21.4 Å². The number of aliphatic hydroxyl groups is 1. The second kappa shape index (κ2) is 5.93. The zero-order valence-corrected chi connectivity index (χ0v) is 12.4. The first-order valence-corrected chi connectivity index (χ1v) is 7.53. The Hall–Kier alpha value is -1.40. The molecule has 20 heavy (non-hydrogen) atoms. The number of amides is 1. The van der Waals surface area contributed by atoms with Crippen molar-refractivity contribution in [3.63, 3.8) is 0 Å². The van der Waals surface area contributed by atoms with Crippen LogP contribution in [-0.2, 0) is 17.6 Å². The molecule has 0 fully saturated rings. The molecule has 6 heteroatoms. The van der Waals surface area contributed by atoms with Crippen molar-refractivity contribution in [1.29, 1.82) is 0 Å². The Kier molecular flexibility index (Phi) is 4.45. The first-order valence-electron chi connectivity index (χ1n) is 6.71. The Morgan fingerprint density at radius 3 is 2.80 bits per heavy atom. The number of carboxylic acid groups (broad SMARTS) is 1. The number of fused-ring (bicyclic) bond motifs is 1. The van der Waals surface area contributed by atoms with Gasteiger partial charge < -0.3 is 15.5 Å². The van der Waals surface area contributed by atoms with Gasteiger partial charge in [-0.1, -0.05) is 6.92 Å². The number of aliphatic carboxylic acids is 1. The van der Waals surface area contributed by atoms with Crippen molar-refractivity contribution >= 4 is 23.2 Å². The van der Waals surface area contributed by atoms with Crippen molar-refractivity contribution in [1.82, 2.24) is 5.32 Å². The van der Waals surface area contributed by atoms with Gasteiger partial charge in [-0.15, -0.1) is 11.3 Å². The van der Waals surface area contributed by atoms with E-state index in [0.29, 0.717) is 10.8 Å². The van der Waals surface area contributed by atoms with Gasteiger partial charge >= 0.3 is 5.97 Å². The minimum Gasteiger partial charge on any atom is -0.480 e. The Morgan fingerprint density at radius 1 is 1.50 bits per heavy atom. The van der Waals surface area contributed by atoms with E-state index in [1.54, 1.807) is 0 Å². The van der Waals surface area contributed by atoms with Crippen LogP contribution in [-0.4, -0.2) is 34.2 Å². The van der Waals surface area contributed by atoms with Gasteiger partial charge in [-0.2, -0.15) is 0 Å². The van der Waals surface area contributed by atoms with Crippen LogP contribution in [0.25, 0.3) is 0 Å². The molecule has 0 aromatic carbocycles. The Bertz CT molecular complexity index is 523. The molecule has 1 aromatic rings. The van der Waals surface area contributed by atoms with E-state index in [1.807, 2.05) is 6.07 Å². The standard InChI is InChI=1S/C14H19NO4S/c1-7-3-4-10-9(5-7)6-11(20-10)13(17)15-12(8(2)16)14(18)19/h6-8,12,16H,3-5H2,1-2H3,(H,15,17)(H,18,19)/t7?,8-,12+/m1/s1. The Labute approximate surface area is 121 Å². The summed E-state index contributed by atoms with van der Waals surface area (Å²) in [6.45, 7) is 3.54. The number of hydrogen-bond donors (Lipinski definition) is 3. The lowest BCUT2D eigenvalue weighted by atomic mass is 9.90. The highest BCUT2D eigenvalue weighted by molar-refractivity contribution is 7.14. The maximum absolute atomic E-state index is 12.1. The normalized spacial score (nSPS) is 20.9. The fourth-order valence-corrected chi connectivity index (χ4v) is 3.53. The molecule has 2 rings (SSSR count). The predicted molar refractivity (Wildman–Crippen MR) is 76.1 cm³/mol. The van der Waals surface area contributed by atoms with Gasteiger partial charge in [-0.05, 0) is 43.7 Å². The highest BCUT2D eigenvalue weighted by Crippen LogP contribution is 2.32. The largest absolute Gasteiger partial charge is 0.480 e. The third-order valence-corrected chi connectivity index (χ3v) is 4.82. The summed E-state index contributed by atoms with van der Waals surface area (Å²) in [7, 11) is 0. The van der Waals surface area contributed by atoms with Gasteiger partial charge in [0.05, 0.1) is 11.0 Å². The van der Waals surface area contributed by atoms with Crippen molar-refractivity contribution < 1.29 is 19.8 Å². The van der Waals surface area contributed by atoms with Gasteiger partial charge in [0.2, 0.25) is 0 Å². The molecule has 0 radical (unpaired) electrons. The monoisotopic (exact) mass is 297 g/mol. The van der Waals surface area contributed by atoms with E-state index in [2.05, 4.69) is 12.2 Å². The third-order valence-electron chi connectivity index (χ3n) is 3.59. The number of rotatable bonds is 4. The molecule has 1 aromatic heterocycles. The van der Waals surface area contributed by atoms with Crippen molar-refractivity contribution in [3.8, 4) is 0 Å². The molecular formula is C14H19NO4S. The lowest BCUT2D eigenvalue weighted by Crippen LogP contribution is -2.47. The Balaban J connectivity index is 2.12. The summed E-state index contributed by atoms with van der Waals surface area (Å²) in [5, 5.41) is 20.7. The van der Waals surface area contributed by atoms with Crippen LogP contribution in [0.15, 0.2) is 6.07 Å². The topological polar surface area (TPSA) is 86.6 Å². The second-order valence-corrected chi connectivity index (χ2v) is 6.57. The number of carboxylic acids is 1. The van der Waals surface area contributed by atoms with Crippen molar-refractivity contribution in [2.45, 2.75) is 45.3 Å². The van der Waals surface area contributed by atoms with Crippen LogP contribution in [0.1, 0.15) is 40.4 Å². The number of hydrogen-bond acceptors (Lipinski definition) is 4. The van der Waals surface area contributed by atoms with Gasteiger partial charge in [0.1, 0.15) is 0 Å². The highest BCUT2D eigenvalue weighted by atomic mass is 32.1. The molecule has 0 saturated carbocycles. The SMILES string of the molecule is CC1CCc2sc(C(=O)N[C@H](C(=O)O)[C@@H](C)O)cc2C1. The molecule has 1 heterocycles. The van der Waals surface area contributed by atoms with Gasteiger partial charge in [-0.25, -0.2) is 4.79 Å². The summed E-state index contributed by atoms with van der Waals surface area (Å²) in [5.41, 5.74) is 1.20. The van der Waals surface area contributed by atoms with E-state index in [0.717, 1.165) is 19.3 Å². The maximum atomic E-state index is 12.1. The average Bonchev–Trinajstić information content (AvgIpc) is 2.77.